The van der Waals surface area contributed by atoms with E-state index >= 15 is 0 Å². The van der Waals surface area contributed by atoms with Crippen LogP contribution in [0, 0.1) is 0 Å². The first-order chi connectivity index (χ1) is 7.20. The van der Waals surface area contributed by atoms with Gasteiger partial charge in [0, 0.05) is 12.6 Å². The predicted molar refractivity (Wildman–Crippen MR) is 57.9 cm³/mol. The Morgan fingerprint density at radius 3 is 2.87 bits per heavy atom. The molecular weight excluding hydrogens is 194 g/mol. The molecule has 15 heavy (non-hydrogen) atoms. The van der Waals surface area contributed by atoms with Gasteiger partial charge < -0.3 is 9.84 Å². The molecule has 0 aromatic rings. The number of nitrogens with zero attached hydrogens (tertiary/aromatic N) is 1. The highest BCUT2D eigenvalue weighted by atomic mass is 16.5. The lowest BCUT2D eigenvalue weighted by molar-refractivity contribution is -0.144. The molecule has 1 N–H and O–H groups in total. The minimum atomic E-state index is -0.708. The van der Waals surface area contributed by atoms with Crippen LogP contribution in [0.3, 0.4) is 0 Å². The number of carboxylic acids is 1. The quantitative estimate of drug-likeness (QED) is 0.726. The fourth-order valence-electron chi connectivity index (χ4n) is 2.25. The Labute approximate surface area is 91.2 Å². The number of rotatable bonds is 6. The SMILES string of the molecule is CCOC[C@@H]1CCCN1[C@H](CC)C(=O)O. The molecule has 0 saturated carbocycles. The Morgan fingerprint density at radius 2 is 2.33 bits per heavy atom. The van der Waals surface area contributed by atoms with Gasteiger partial charge in [0.1, 0.15) is 6.04 Å². The average Bonchev–Trinajstić information content (AvgIpc) is 2.64. The molecule has 0 amide bonds. The molecule has 0 unspecified atom stereocenters. The first-order valence-corrected chi connectivity index (χ1v) is 5.77. The first-order valence-electron chi connectivity index (χ1n) is 5.77. The van der Waals surface area contributed by atoms with Crippen molar-refractivity contribution >= 4 is 5.97 Å². The minimum Gasteiger partial charge on any atom is -0.480 e. The van der Waals surface area contributed by atoms with Crippen molar-refractivity contribution < 1.29 is 14.6 Å². The third-order valence-corrected chi connectivity index (χ3v) is 3.01. The van der Waals surface area contributed by atoms with Gasteiger partial charge in [-0.05, 0) is 32.7 Å². The number of hydrogen-bond acceptors (Lipinski definition) is 3. The smallest absolute Gasteiger partial charge is 0.320 e. The minimum absolute atomic E-state index is 0.297. The zero-order valence-corrected chi connectivity index (χ0v) is 9.61. The summed E-state index contributed by atoms with van der Waals surface area (Å²) in [5.41, 5.74) is 0. The maximum absolute atomic E-state index is 11.1. The largest absolute Gasteiger partial charge is 0.480 e. The van der Waals surface area contributed by atoms with E-state index in [4.69, 9.17) is 9.84 Å². The van der Waals surface area contributed by atoms with Gasteiger partial charge in [0.05, 0.1) is 6.61 Å². The van der Waals surface area contributed by atoms with E-state index in [1.807, 2.05) is 13.8 Å². The average molecular weight is 215 g/mol. The summed E-state index contributed by atoms with van der Waals surface area (Å²) < 4.78 is 5.39. The van der Waals surface area contributed by atoms with Gasteiger partial charge in [0.25, 0.3) is 0 Å². The van der Waals surface area contributed by atoms with E-state index in [1.54, 1.807) is 0 Å². The van der Waals surface area contributed by atoms with Crippen LogP contribution in [-0.4, -0.2) is 47.8 Å². The molecule has 0 aromatic carbocycles. The molecule has 1 fully saturated rings. The van der Waals surface area contributed by atoms with E-state index in [1.165, 1.54) is 0 Å². The number of carbonyl (C=O) groups is 1. The molecule has 0 spiro atoms. The van der Waals surface area contributed by atoms with Crippen molar-refractivity contribution in [3.05, 3.63) is 0 Å². The molecule has 0 aliphatic carbocycles. The second-order valence-corrected chi connectivity index (χ2v) is 3.96. The Hall–Kier alpha value is -0.610. The van der Waals surface area contributed by atoms with Crippen LogP contribution in [-0.2, 0) is 9.53 Å². The van der Waals surface area contributed by atoms with Gasteiger partial charge in [-0.25, -0.2) is 0 Å². The summed E-state index contributed by atoms with van der Waals surface area (Å²) in [7, 11) is 0. The van der Waals surface area contributed by atoms with Crippen molar-refractivity contribution in [2.24, 2.45) is 0 Å². The number of ether oxygens (including phenoxy) is 1. The van der Waals surface area contributed by atoms with E-state index in [0.717, 1.165) is 19.4 Å². The Bertz CT molecular complexity index is 208. The highest BCUT2D eigenvalue weighted by molar-refractivity contribution is 5.73. The van der Waals surface area contributed by atoms with Crippen LogP contribution in [0.1, 0.15) is 33.1 Å². The molecule has 4 heteroatoms. The Balaban J connectivity index is 2.53. The van der Waals surface area contributed by atoms with Gasteiger partial charge in [-0.3, -0.25) is 9.69 Å². The molecule has 1 rings (SSSR count). The van der Waals surface area contributed by atoms with Crippen molar-refractivity contribution in [2.45, 2.75) is 45.2 Å². The fourth-order valence-corrected chi connectivity index (χ4v) is 2.25. The van der Waals surface area contributed by atoms with Gasteiger partial charge >= 0.3 is 5.97 Å². The number of likely N-dealkylation sites (tertiary alicyclic amines) is 1. The fraction of sp³-hybridized carbons (Fsp3) is 0.909. The summed E-state index contributed by atoms with van der Waals surface area (Å²) in [4.78, 5) is 13.1. The van der Waals surface area contributed by atoms with Crippen molar-refractivity contribution in [1.29, 1.82) is 0 Å². The van der Waals surface area contributed by atoms with E-state index in [2.05, 4.69) is 4.90 Å². The second-order valence-electron chi connectivity index (χ2n) is 3.96. The first kappa shape index (κ1) is 12.5. The highest BCUT2D eigenvalue weighted by Crippen LogP contribution is 2.22. The van der Waals surface area contributed by atoms with Crippen LogP contribution in [0.5, 0.6) is 0 Å². The highest BCUT2D eigenvalue weighted by Gasteiger charge is 2.33. The summed E-state index contributed by atoms with van der Waals surface area (Å²) in [6.07, 6.45) is 2.81. The molecule has 2 atom stereocenters. The van der Waals surface area contributed by atoms with Gasteiger partial charge in [-0.1, -0.05) is 6.92 Å². The zero-order valence-electron chi connectivity index (χ0n) is 9.61. The molecule has 0 radical (unpaired) electrons. The van der Waals surface area contributed by atoms with Crippen LogP contribution < -0.4 is 0 Å². The lowest BCUT2D eigenvalue weighted by Gasteiger charge is -2.29. The molecule has 1 aliphatic rings. The molecule has 0 bridgehead atoms. The molecule has 1 heterocycles. The molecule has 1 aliphatic heterocycles. The van der Waals surface area contributed by atoms with Crippen LogP contribution in [0.15, 0.2) is 0 Å². The van der Waals surface area contributed by atoms with E-state index in [9.17, 15) is 4.79 Å². The summed E-state index contributed by atoms with van der Waals surface area (Å²) in [5, 5.41) is 9.09. The van der Waals surface area contributed by atoms with E-state index in [0.29, 0.717) is 25.7 Å². The molecule has 4 nitrogen and oxygen atoms in total. The number of carboxylic acid groups (broad SMARTS) is 1. The third-order valence-electron chi connectivity index (χ3n) is 3.01. The Kier molecular flexibility index (Phi) is 5.05. The standard InChI is InChI=1S/C11H21NO3/c1-3-10(11(13)14)12-7-5-6-9(12)8-15-4-2/h9-10H,3-8H2,1-2H3,(H,13,14)/t9-,10+/m0/s1. The van der Waals surface area contributed by atoms with Crippen LogP contribution >= 0.6 is 0 Å². The lowest BCUT2D eigenvalue weighted by atomic mass is 10.1. The molecule has 88 valence electrons. The van der Waals surface area contributed by atoms with Gasteiger partial charge in [0.2, 0.25) is 0 Å². The maximum atomic E-state index is 11.1. The van der Waals surface area contributed by atoms with Crippen molar-refractivity contribution in [2.75, 3.05) is 19.8 Å². The van der Waals surface area contributed by atoms with Gasteiger partial charge in [-0.2, -0.15) is 0 Å². The van der Waals surface area contributed by atoms with Crippen molar-refractivity contribution in [1.82, 2.24) is 4.90 Å². The van der Waals surface area contributed by atoms with Crippen LogP contribution in [0.2, 0.25) is 0 Å². The monoisotopic (exact) mass is 215 g/mol. The van der Waals surface area contributed by atoms with E-state index in [-0.39, 0.29) is 6.04 Å². The van der Waals surface area contributed by atoms with E-state index < -0.39 is 5.97 Å². The second kappa shape index (κ2) is 6.08. The summed E-state index contributed by atoms with van der Waals surface area (Å²) in [6.45, 7) is 6.15. The molecule has 0 aromatic heterocycles. The Morgan fingerprint density at radius 1 is 1.60 bits per heavy atom. The summed E-state index contributed by atoms with van der Waals surface area (Å²) in [5.74, 6) is -0.708. The number of hydrogen-bond donors (Lipinski definition) is 1. The maximum Gasteiger partial charge on any atom is 0.320 e. The molecule has 1 saturated heterocycles. The predicted octanol–water partition coefficient (Wildman–Crippen LogP) is 1.35. The molecular formula is C11H21NO3. The van der Waals surface area contributed by atoms with Crippen molar-refractivity contribution in [3.8, 4) is 0 Å². The van der Waals surface area contributed by atoms with Gasteiger partial charge in [-0.15, -0.1) is 0 Å². The topological polar surface area (TPSA) is 49.8 Å². The van der Waals surface area contributed by atoms with Crippen LogP contribution in [0.25, 0.3) is 0 Å². The third kappa shape index (κ3) is 3.18. The summed E-state index contributed by atoms with van der Waals surface area (Å²) >= 11 is 0. The van der Waals surface area contributed by atoms with Crippen molar-refractivity contribution in [3.63, 3.8) is 0 Å². The number of aliphatic carboxylic acids is 1. The lowest BCUT2D eigenvalue weighted by Crippen LogP contribution is -2.45. The van der Waals surface area contributed by atoms with Gasteiger partial charge in [0.15, 0.2) is 0 Å². The summed E-state index contributed by atoms with van der Waals surface area (Å²) in [6, 6.07) is -0.0380. The normalized spacial score (nSPS) is 24.3. The van der Waals surface area contributed by atoms with Crippen LogP contribution in [0.4, 0.5) is 0 Å². The zero-order chi connectivity index (χ0) is 11.3.